The van der Waals surface area contributed by atoms with Crippen LogP contribution >= 0.6 is 25.1 Å². The van der Waals surface area contributed by atoms with E-state index in [0.29, 0.717) is 0 Å². The molecular formula is HBrClNaO. The molecule has 0 spiro atoms. The maximum atomic E-state index is 4.45. The molecule has 1 N–H and O–H groups in total. The fourth-order valence-electron chi connectivity index (χ4n) is 0. The van der Waals surface area contributed by atoms with E-state index >= 15 is 0 Å². The first-order valence-corrected chi connectivity index (χ1v) is 2.23. The van der Waals surface area contributed by atoms with Crippen molar-refractivity contribution in [1.82, 2.24) is 0 Å². The molecule has 0 radical (unpaired) electrons. The summed E-state index contributed by atoms with van der Waals surface area (Å²) in [6.07, 6.45) is 0. The normalized spacial score (nSPS) is 1.50. The SMILES string of the molecule is ClBr.[Na+].[OH-]. The number of hydrogen-bond donors (Lipinski definition) is 0. The Morgan fingerprint density at radius 3 is 1.25 bits per heavy atom. The predicted molar refractivity (Wildman–Crippen MR) is 16.7 cm³/mol. The van der Waals surface area contributed by atoms with Gasteiger partial charge in [0, 0.05) is 15.0 Å². The topological polar surface area (TPSA) is 30.0 Å². The molecule has 0 saturated heterocycles. The Kier molecular flexibility index (Phi) is 94.6. The van der Waals surface area contributed by atoms with Gasteiger partial charge in [-0.1, -0.05) is 0 Å². The second-order valence-electron chi connectivity index (χ2n) is 0. The minimum Gasteiger partial charge on any atom is -0.870 e. The molecule has 0 aliphatic rings. The third-order valence-corrected chi connectivity index (χ3v) is 0. The van der Waals surface area contributed by atoms with Crippen molar-refractivity contribution in [2.75, 3.05) is 0 Å². The van der Waals surface area contributed by atoms with Gasteiger partial charge in [0.15, 0.2) is 0 Å². The molecule has 0 aliphatic carbocycles. The first-order chi connectivity index (χ1) is 1.00. The van der Waals surface area contributed by atoms with Crippen LogP contribution in [0.25, 0.3) is 0 Å². The van der Waals surface area contributed by atoms with Crippen LogP contribution in [0.3, 0.4) is 0 Å². The van der Waals surface area contributed by atoms with Crippen molar-refractivity contribution in [2.24, 2.45) is 0 Å². The largest absolute Gasteiger partial charge is 1.00 e. The van der Waals surface area contributed by atoms with Crippen LogP contribution in [0.1, 0.15) is 0 Å². The van der Waals surface area contributed by atoms with E-state index in [-0.39, 0.29) is 35.0 Å². The van der Waals surface area contributed by atoms with Crippen molar-refractivity contribution >= 4 is 25.1 Å². The number of halogens is 2. The van der Waals surface area contributed by atoms with Crippen LogP contribution in [0, 0.1) is 0 Å². The molecule has 0 aliphatic heterocycles. The summed E-state index contributed by atoms with van der Waals surface area (Å²) in [5.41, 5.74) is 0. The molecule has 0 bridgehead atoms. The molecule has 0 saturated carbocycles. The van der Waals surface area contributed by atoms with Crippen LogP contribution in [0.5, 0.6) is 0 Å². The number of hydrogen-bond acceptors (Lipinski definition) is 1. The molecule has 0 amide bonds. The summed E-state index contributed by atoms with van der Waals surface area (Å²) in [7, 11) is 4.45. The fraction of sp³-hybridized carbons (Fsp3) is 0. The van der Waals surface area contributed by atoms with Crippen LogP contribution in [0.4, 0.5) is 0 Å². The molecule has 0 atom stereocenters. The molecule has 0 aromatic carbocycles. The molecule has 1 nitrogen and oxygen atoms in total. The predicted octanol–water partition coefficient (Wildman–Crippen LogP) is -1.64. The molecular weight excluding hydrogens is 154 g/mol. The Bertz CT molecular complexity index is 8.00. The zero-order valence-electron chi connectivity index (χ0n) is 2.20. The van der Waals surface area contributed by atoms with E-state index in [9.17, 15) is 0 Å². The van der Waals surface area contributed by atoms with Crippen LogP contribution < -0.4 is 29.6 Å². The monoisotopic (exact) mass is 154 g/mol. The van der Waals surface area contributed by atoms with Crippen LogP contribution in [0.2, 0.25) is 0 Å². The van der Waals surface area contributed by atoms with E-state index in [4.69, 9.17) is 0 Å². The van der Waals surface area contributed by atoms with Gasteiger partial charge in [0.1, 0.15) is 0 Å². The van der Waals surface area contributed by atoms with Gasteiger partial charge < -0.3 is 5.48 Å². The maximum absolute atomic E-state index is 4.45. The minimum atomic E-state index is 0. The second kappa shape index (κ2) is 22.0. The summed E-state index contributed by atoms with van der Waals surface area (Å²) >= 11 is 2.41. The fourth-order valence-corrected chi connectivity index (χ4v) is 0. The van der Waals surface area contributed by atoms with Gasteiger partial charge in [-0.25, -0.2) is 0 Å². The average molecular weight is 155 g/mol. The third kappa shape index (κ3) is 9.29. The van der Waals surface area contributed by atoms with Crippen molar-refractivity contribution < 1.29 is 35.0 Å². The summed E-state index contributed by atoms with van der Waals surface area (Å²) in [4.78, 5) is 0. The van der Waals surface area contributed by atoms with Crippen molar-refractivity contribution in [3.8, 4) is 0 Å². The van der Waals surface area contributed by atoms with Gasteiger partial charge in [-0.3, -0.25) is 0 Å². The van der Waals surface area contributed by atoms with E-state index in [2.05, 4.69) is 25.1 Å². The Morgan fingerprint density at radius 2 is 1.25 bits per heavy atom. The molecule has 4 heteroatoms. The first kappa shape index (κ1) is 17.2. The molecule has 0 aromatic rings. The summed E-state index contributed by atoms with van der Waals surface area (Å²) in [5.74, 6) is 0. The summed E-state index contributed by atoms with van der Waals surface area (Å²) in [6, 6.07) is 0. The molecule has 22 valence electrons. The Morgan fingerprint density at radius 1 is 1.25 bits per heavy atom. The summed E-state index contributed by atoms with van der Waals surface area (Å²) in [6.45, 7) is 0. The Balaban J connectivity index is -0.00000000500. The van der Waals surface area contributed by atoms with E-state index in [0.717, 1.165) is 0 Å². The zero-order valence-corrected chi connectivity index (χ0v) is 6.55. The average Bonchev–Trinajstić information content (AvgIpc) is 1.00. The van der Waals surface area contributed by atoms with Crippen molar-refractivity contribution in [2.45, 2.75) is 0 Å². The van der Waals surface area contributed by atoms with Gasteiger partial charge >= 0.3 is 29.6 Å². The third-order valence-electron chi connectivity index (χ3n) is 0. The van der Waals surface area contributed by atoms with E-state index < -0.39 is 0 Å². The minimum absolute atomic E-state index is 0. The van der Waals surface area contributed by atoms with Gasteiger partial charge in [0.25, 0.3) is 0 Å². The van der Waals surface area contributed by atoms with E-state index in [1.165, 1.54) is 0 Å². The molecule has 0 rings (SSSR count). The van der Waals surface area contributed by atoms with Crippen LogP contribution in [0.15, 0.2) is 0 Å². The molecule has 0 unspecified atom stereocenters. The van der Waals surface area contributed by atoms with Gasteiger partial charge in [-0.05, 0) is 10.1 Å². The molecule has 0 heterocycles. The van der Waals surface area contributed by atoms with Gasteiger partial charge in [-0.2, -0.15) is 0 Å². The summed E-state index contributed by atoms with van der Waals surface area (Å²) < 4.78 is 0. The second-order valence-corrected chi connectivity index (χ2v) is 0. The Hall–Kier alpha value is 1.73. The van der Waals surface area contributed by atoms with Crippen molar-refractivity contribution in [3.63, 3.8) is 0 Å². The van der Waals surface area contributed by atoms with Crippen LogP contribution in [-0.4, -0.2) is 5.48 Å². The van der Waals surface area contributed by atoms with E-state index in [1.54, 1.807) is 0 Å². The molecule has 4 heavy (non-hydrogen) atoms. The number of rotatable bonds is 0. The van der Waals surface area contributed by atoms with Crippen molar-refractivity contribution in [1.29, 1.82) is 0 Å². The van der Waals surface area contributed by atoms with Crippen molar-refractivity contribution in [3.05, 3.63) is 0 Å². The van der Waals surface area contributed by atoms with Gasteiger partial charge in [-0.15, -0.1) is 0 Å². The van der Waals surface area contributed by atoms with Crippen LogP contribution in [-0.2, 0) is 0 Å². The first-order valence-electron chi connectivity index (χ1n) is 0.143. The zero-order chi connectivity index (χ0) is 2.00. The standard InChI is InChI=1S/BrCl.Na.H2O/c1-2;;/h;;1H2/q;+1;/p-1. The quantitative estimate of drug-likeness (QED) is 0.386. The maximum Gasteiger partial charge on any atom is 1.00 e. The summed E-state index contributed by atoms with van der Waals surface area (Å²) in [5, 5.41) is 0. The van der Waals surface area contributed by atoms with E-state index in [1.807, 2.05) is 0 Å². The van der Waals surface area contributed by atoms with Gasteiger partial charge in [0.2, 0.25) is 0 Å². The smallest absolute Gasteiger partial charge is 0.870 e. The molecule has 0 fully saturated rings. The molecule has 0 aromatic heterocycles. The van der Waals surface area contributed by atoms with Gasteiger partial charge in [0.05, 0.1) is 0 Å². The Labute approximate surface area is 59.7 Å².